The number of amides is 2. The molecule has 0 bridgehead atoms. The Bertz CT molecular complexity index is 878. The van der Waals surface area contributed by atoms with Crippen molar-refractivity contribution in [1.82, 2.24) is 25.2 Å². The summed E-state index contributed by atoms with van der Waals surface area (Å²) in [6, 6.07) is 11.8. The molecule has 7 nitrogen and oxygen atoms in total. The quantitative estimate of drug-likeness (QED) is 0.709. The molecule has 0 aliphatic rings. The van der Waals surface area contributed by atoms with Gasteiger partial charge in [0.1, 0.15) is 18.2 Å². The molecule has 7 heteroatoms. The number of nitrogens with zero attached hydrogens (tertiary/aromatic N) is 3. The maximum Gasteiger partial charge on any atom is 0.251 e. The second-order valence-corrected chi connectivity index (χ2v) is 5.74. The van der Waals surface area contributed by atoms with E-state index in [9.17, 15) is 9.59 Å². The molecular weight excluding hydrogens is 330 g/mol. The van der Waals surface area contributed by atoms with Crippen LogP contribution in [0, 0.1) is 0 Å². The molecule has 1 atom stereocenters. The Kier molecular flexibility index (Phi) is 5.38. The van der Waals surface area contributed by atoms with Crippen LogP contribution in [-0.2, 0) is 11.3 Å². The first kappa shape index (κ1) is 17.3. The molecule has 3 aromatic rings. The number of benzene rings is 1. The third kappa shape index (κ3) is 4.13. The number of nitrogens with one attached hydrogen (secondary N) is 2. The molecule has 1 aromatic carbocycles. The molecule has 0 spiro atoms. The zero-order valence-electron chi connectivity index (χ0n) is 14.3. The minimum Gasteiger partial charge on any atom is -0.350 e. The minimum absolute atomic E-state index is 0.269. The van der Waals surface area contributed by atoms with Gasteiger partial charge in [-0.25, -0.2) is 9.97 Å². The lowest BCUT2D eigenvalue weighted by molar-refractivity contribution is -0.122. The number of carbonyl (C=O) groups excluding carboxylic acids is 2. The Balaban J connectivity index is 1.60. The predicted molar refractivity (Wildman–Crippen MR) is 96.6 cm³/mol. The fraction of sp³-hybridized carbons (Fsp3) is 0.158. The Morgan fingerprint density at radius 2 is 1.92 bits per heavy atom. The van der Waals surface area contributed by atoms with Crippen molar-refractivity contribution in [3.05, 3.63) is 78.5 Å². The van der Waals surface area contributed by atoms with Crippen molar-refractivity contribution < 1.29 is 9.59 Å². The second-order valence-electron chi connectivity index (χ2n) is 5.74. The monoisotopic (exact) mass is 349 g/mol. The molecule has 1 unspecified atom stereocenters. The van der Waals surface area contributed by atoms with E-state index in [0.29, 0.717) is 17.9 Å². The van der Waals surface area contributed by atoms with Gasteiger partial charge in [0.15, 0.2) is 0 Å². The standard InChI is InChI=1S/C19H19N5O2/c1-14(23-19(26)15-6-3-2-4-7-15)18(25)22-12-16-8-5-9-21-17(16)24-11-10-20-13-24/h2-11,13-14H,12H2,1H3,(H,22,25)(H,23,26). The lowest BCUT2D eigenvalue weighted by Gasteiger charge is -2.15. The third-order valence-corrected chi connectivity index (χ3v) is 3.85. The van der Waals surface area contributed by atoms with Crippen LogP contribution in [0.5, 0.6) is 0 Å². The number of imidazole rings is 1. The van der Waals surface area contributed by atoms with E-state index in [4.69, 9.17) is 0 Å². The summed E-state index contributed by atoms with van der Waals surface area (Å²) in [5.74, 6) is 0.148. The van der Waals surface area contributed by atoms with Crippen LogP contribution in [0.2, 0.25) is 0 Å². The maximum atomic E-state index is 12.3. The SMILES string of the molecule is CC(NC(=O)c1ccccc1)C(=O)NCc1cccnc1-n1ccnc1. The summed E-state index contributed by atoms with van der Waals surface area (Å²) in [6.45, 7) is 1.95. The van der Waals surface area contributed by atoms with Gasteiger partial charge in [-0.2, -0.15) is 0 Å². The van der Waals surface area contributed by atoms with Crippen LogP contribution in [0.4, 0.5) is 0 Å². The summed E-state index contributed by atoms with van der Waals surface area (Å²) < 4.78 is 1.78. The summed E-state index contributed by atoms with van der Waals surface area (Å²) in [5.41, 5.74) is 1.36. The maximum absolute atomic E-state index is 12.3. The van der Waals surface area contributed by atoms with E-state index >= 15 is 0 Å². The van der Waals surface area contributed by atoms with Gasteiger partial charge < -0.3 is 10.6 Å². The van der Waals surface area contributed by atoms with Crippen LogP contribution in [0.3, 0.4) is 0 Å². The number of carbonyl (C=O) groups is 2. The molecule has 2 heterocycles. The van der Waals surface area contributed by atoms with E-state index in [1.165, 1.54) is 0 Å². The van der Waals surface area contributed by atoms with Crippen molar-refractivity contribution >= 4 is 11.8 Å². The molecule has 0 aliphatic heterocycles. The third-order valence-electron chi connectivity index (χ3n) is 3.85. The van der Waals surface area contributed by atoms with E-state index in [1.807, 2.05) is 18.2 Å². The van der Waals surface area contributed by atoms with Crippen LogP contribution >= 0.6 is 0 Å². The van der Waals surface area contributed by atoms with Gasteiger partial charge in [0.05, 0.1) is 0 Å². The lowest BCUT2D eigenvalue weighted by Crippen LogP contribution is -2.44. The smallest absolute Gasteiger partial charge is 0.251 e. The highest BCUT2D eigenvalue weighted by Gasteiger charge is 2.17. The zero-order chi connectivity index (χ0) is 18.4. The molecule has 26 heavy (non-hydrogen) atoms. The van der Waals surface area contributed by atoms with Crippen molar-refractivity contribution in [2.24, 2.45) is 0 Å². The summed E-state index contributed by atoms with van der Waals surface area (Å²) in [5, 5.41) is 5.52. The fourth-order valence-corrected chi connectivity index (χ4v) is 2.46. The molecule has 0 saturated carbocycles. The van der Waals surface area contributed by atoms with Crippen LogP contribution in [-0.4, -0.2) is 32.4 Å². The van der Waals surface area contributed by atoms with Gasteiger partial charge in [-0.3, -0.25) is 14.2 Å². The van der Waals surface area contributed by atoms with Gasteiger partial charge >= 0.3 is 0 Å². The molecule has 2 aromatic heterocycles. The molecule has 3 rings (SSSR count). The van der Waals surface area contributed by atoms with Crippen LogP contribution < -0.4 is 10.6 Å². The van der Waals surface area contributed by atoms with Crippen molar-refractivity contribution in [2.45, 2.75) is 19.5 Å². The molecule has 0 radical (unpaired) electrons. The average molecular weight is 349 g/mol. The first-order valence-corrected chi connectivity index (χ1v) is 8.21. The summed E-state index contributed by atoms with van der Waals surface area (Å²) in [4.78, 5) is 32.8. The van der Waals surface area contributed by atoms with Gasteiger partial charge in [0.25, 0.3) is 5.91 Å². The first-order chi connectivity index (χ1) is 12.6. The Hall–Kier alpha value is -3.48. The van der Waals surface area contributed by atoms with E-state index < -0.39 is 6.04 Å². The lowest BCUT2D eigenvalue weighted by atomic mass is 10.2. The molecule has 0 aliphatic carbocycles. The predicted octanol–water partition coefficient (Wildman–Crippen LogP) is 1.70. The number of hydrogen-bond acceptors (Lipinski definition) is 4. The molecule has 2 N–H and O–H groups in total. The fourth-order valence-electron chi connectivity index (χ4n) is 2.46. The Labute approximate surface area is 151 Å². The number of hydrogen-bond donors (Lipinski definition) is 2. The molecule has 132 valence electrons. The normalized spacial score (nSPS) is 11.6. The van der Waals surface area contributed by atoms with Crippen LogP contribution in [0.1, 0.15) is 22.8 Å². The van der Waals surface area contributed by atoms with Crippen molar-refractivity contribution in [3.8, 4) is 5.82 Å². The Morgan fingerprint density at radius 3 is 2.65 bits per heavy atom. The van der Waals surface area contributed by atoms with Gasteiger partial charge in [-0.05, 0) is 25.1 Å². The Morgan fingerprint density at radius 1 is 1.12 bits per heavy atom. The number of pyridine rings is 1. The van der Waals surface area contributed by atoms with Crippen molar-refractivity contribution in [2.75, 3.05) is 0 Å². The highest BCUT2D eigenvalue weighted by molar-refractivity contribution is 5.97. The van der Waals surface area contributed by atoms with Gasteiger partial charge in [-0.1, -0.05) is 24.3 Å². The number of aromatic nitrogens is 3. The molecule has 0 saturated heterocycles. The zero-order valence-corrected chi connectivity index (χ0v) is 14.3. The highest BCUT2D eigenvalue weighted by Crippen LogP contribution is 2.10. The van der Waals surface area contributed by atoms with E-state index in [2.05, 4.69) is 20.6 Å². The first-order valence-electron chi connectivity index (χ1n) is 8.21. The highest BCUT2D eigenvalue weighted by atomic mass is 16.2. The van der Waals surface area contributed by atoms with Gasteiger partial charge in [0, 0.05) is 36.3 Å². The summed E-state index contributed by atoms with van der Waals surface area (Å²) >= 11 is 0. The van der Waals surface area contributed by atoms with Crippen LogP contribution in [0.15, 0.2) is 67.4 Å². The van der Waals surface area contributed by atoms with Crippen molar-refractivity contribution in [1.29, 1.82) is 0 Å². The molecule has 0 fully saturated rings. The van der Waals surface area contributed by atoms with Gasteiger partial charge in [-0.15, -0.1) is 0 Å². The van der Waals surface area contributed by atoms with Crippen LogP contribution in [0.25, 0.3) is 5.82 Å². The largest absolute Gasteiger partial charge is 0.350 e. The summed E-state index contributed by atoms with van der Waals surface area (Å²) in [7, 11) is 0. The van der Waals surface area contributed by atoms with E-state index in [-0.39, 0.29) is 11.8 Å². The average Bonchev–Trinajstić information content (AvgIpc) is 3.21. The molecular formula is C19H19N5O2. The topological polar surface area (TPSA) is 88.9 Å². The van der Waals surface area contributed by atoms with E-state index in [0.717, 1.165) is 5.56 Å². The molecule has 2 amide bonds. The minimum atomic E-state index is -0.656. The van der Waals surface area contributed by atoms with E-state index in [1.54, 1.807) is 60.7 Å². The van der Waals surface area contributed by atoms with Gasteiger partial charge in [0.2, 0.25) is 5.91 Å². The number of rotatable bonds is 6. The second kappa shape index (κ2) is 8.06. The van der Waals surface area contributed by atoms with Crippen molar-refractivity contribution in [3.63, 3.8) is 0 Å². The summed E-state index contributed by atoms with van der Waals surface area (Å²) in [6.07, 6.45) is 6.79.